The molecule has 0 amide bonds. The molecule has 1 saturated heterocycles. The molecule has 1 N–H and O–H groups in total. The number of nitrogens with zero attached hydrogens (tertiary/aromatic N) is 2. The summed E-state index contributed by atoms with van der Waals surface area (Å²) in [7, 11) is 0. The van der Waals surface area contributed by atoms with Crippen LogP contribution >= 0.6 is 0 Å². The summed E-state index contributed by atoms with van der Waals surface area (Å²) >= 11 is 0. The van der Waals surface area contributed by atoms with Crippen LogP contribution in [0.1, 0.15) is 40.5 Å². The molecule has 0 aromatic carbocycles. The Morgan fingerprint density at radius 1 is 1.40 bits per heavy atom. The lowest BCUT2D eigenvalue weighted by Gasteiger charge is -2.23. The number of hydrogen-bond acceptors (Lipinski definition) is 4. The summed E-state index contributed by atoms with van der Waals surface area (Å²) < 4.78 is 13.6. The van der Waals surface area contributed by atoms with Gasteiger partial charge in [-0.05, 0) is 40.5 Å². The molecule has 5 heteroatoms. The molecule has 5 nitrogen and oxygen atoms in total. The summed E-state index contributed by atoms with van der Waals surface area (Å²) in [5.41, 5.74) is 0.146. The molecule has 2 atom stereocenters. The summed E-state index contributed by atoms with van der Waals surface area (Å²) in [6.45, 7) is 11.0. The third kappa shape index (κ3) is 4.80. The first kappa shape index (κ1) is 15.3. The van der Waals surface area contributed by atoms with Crippen molar-refractivity contribution in [3.05, 3.63) is 12.4 Å². The average Bonchev–Trinajstić information content (AvgIpc) is 3.02. The molecular formula is C15H27N3O2. The Kier molecular flexibility index (Phi) is 5.05. The Morgan fingerprint density at radius 2 is 2.15 bits per heavy atom. The molecule has 2 rings (SSSR count). The van der Waals surface area contributed by atoms with Crippen LogP contribution in [-0.4, -0.2) is 40.7 Å². The van der Waals surface area contributed by atoms with Gasteiger partial charge in [0, 0.05) is 18.6 Å². The van der Waals surface area contributed by atoms with E-state index in [-0.39, 0.29) is 11.6 Å². The van der Waals surface area contributed by atoms with Gasteiger partial charge in [-0.25, -0.2) is 0 Å². The molecule has 114 valence electrons. The van der Waals surface area contributed by atoms with Gasteiger partial charge in [0.25, 0.3) is 0 Å². The van der Waals surface area contributed by atoms with Crippen LogP contribution in [0.4, 0.5) is 0 Å². The van der Waals surface area contributed by atoms with Crippen molar-refractivity contribution in [2.45, 2.75) is 64.8 Å². The van der Waals surface area contributed by atoms with E-state index < -0.39 is 0 Å². The predicted octanol–water partition coefficient (Wildman–Crippen LogP) is 2.22. The molecule has 1 aliphatic rings. The fraction of sp³-hybridized carbons (Fsp3) is 0.800. The highest BCUT2D eigenvalue weighted by molar-refractivity contribution is 5.11. The third-order valence-electron chi connectivity index (χ3n) is 3.43. The van der Waals surface area contributed by atoms with Crippen molar-refractivity contribution >= 4 is 0 Å². The molecule has 2 heterocycles. The van der Waals surface area contributed by atoms with E-state index in [0.29, 0.717) is 12.7 Å². The Hall–Kier alpha value is -1.07. The van der Waals surface area contributed by atoms with Gasteiger partial charge in [0.2, 0.25) is 0 Å². The van der Waals surface area contributed by atoms with Crippen LogP contribution in [0, 0.1) is 0 Å². The van der Waals surface area contributed by atoms with Gasteiger partial charge in [-0.1, -0.05) is 0 Å². The lowest BCUT2D eigenvalue weighted by molar-refractivity contribution is 0.0162. The molecule has 1 fully saturated rings. The minimum atomic E-state index is 0.146. The van der Waals surface area contributed by atoms with Crippen molar-refractivity contribution in [3.63, 3.8) is 0 Å². The summed E-state index contributed by atoms with van der Waals surface area (Å²) in [5, 5.41) is 7.68. The van der Waals surface area contributed by atoms with E-state index in [0.717, 1.165) is 31.7 Å². The SMILES string of the molecule is CCn1cc(OCC2CCC(CNC(C)(C)C)O2)cn1. The Balaban J connectivity index is 1.68. The van der Waals surface area contributed by atoms with Crippen LogP contribution < -0.4 is 10.1 Å². The predicted molar refractivity (Wildman–Crippen MR) is 79.0 cm³/mol. The van der Waals surface area contributed by atoms with E-state index in [1.165, 1.54) is 0 Å². The quantitative estimate of drug-likeness (QED) is 0.868. The van der Waals surface area contributed by atoms with Crippen molar-refractivity contribution in [2.24, 2.45) is 0 Å². The van der Waals surface area contributed by atoms with Gasteiger partial charge in [-0.3, -0.25) is 4.68 Å². The van der Waals surface area contributed by atoms with E-state index >= 15 is 0 Å². The number of aryl methyl sites for hydroxylation is 1. The number of rotatable bonds is 6. The molecule has 0 radical (unpaired) electrons. The smallest absolute Gasteiger partial charge is 0.157 e. The van der Waals surface area contributed by atoms with Crippen molar-refractivity contribution < 1.29 is 9.47 Å². The Labute approximate surface area is 121 Å². The maximum Gasteiger partial charge on any atom is 0.157 e. The Morgan fingerprint density at radius 3 is 2.80 bits per heavy atom. The van der Waals surface area contributed by atoms with E-state index in [1.807, 2.05) is 10.9 Å². The Bertz CT molecular complexity index is 411. The van der Waals surface area contributed by atoms with Crippen molar-refractivity contribution in [1.82, 2.24) is 15.1 Å². The van der Waals surface area contributed by atoms with Crippen LogP contribution in [0.2, 0.25) is 0 Å². The molecule has 0 bridgehead atoms. The zero-order valence-corrected chi connectivity index (χ0v) is 13.1. The van der Waals surface area contributed by atoms with Crippen LogP contribution in [0.3, 0.4) is 0 Å². The van der Waals surface area contributed by atoms with E-state index in [1.54, 1.807) is 6.20 Å². The van der Waals surface area contributed by atoms with Crippen LogP contribution in [0.15, 0.2) is 12.4 Å². The fourth-order valence-corrected chi connectivity index (χ4v) is 2.25. The van der Waals surface area contributed by atoms with Crippen molar-refractivity contribution in [2.75, 3.05) is 13.2 Å². The van der Waals surface area contributed by atoms with Crippen molar-refractivity contribution in [3.8, 4) is 5.75 Å². The third-order valence-corrected chi connectivity index (χ3v) is 3.43. The molecule has 1 aromatic heterocycles. The molecule has 1 aliphatic heterocycles. The summed E-state index contributed by atoms with van der Waals surface area (Å²) in [4.78, 5) is 0. The van der Waals surface area contributed by atoms with E-state index in [4.69, 9.17) is 9.47 Å². The minimum absolute atomic E-state index is 0.146. The first-order valence-electron chi connectivity index (χ1n) is 7.52. The number of hydrogen-bond donors (Lipinski definition) is 1. The van der Waals surface area contributed by atoms with Crippen LogP contribution in [-0.2, 0) is 11.3 Å². The molecule has 1 aromatic rings. The van der Waals surface area contributed by atoms with Gasteiger partial charge >= 0.3 is 0 Å². The second kappa shape index (κ2) is 6.59. The zero-order chi connectivity index (χ0) is 14.6. The van der Waals surface area contributed by atoms with Gasteiger partial charge in [0.1, 0.15) is 6.61 Å². The highest BCUT2D eigenvalue weighted by Crippen LogP contribution is 2.21. The van der Waals surface area contributed by atoms with Gasteiger partial charge in [-0.15, -0.1) is 0 Å². The van der Waals surface area contributed by atoms with Crippen molar-refractivity contribution in [1.29, 1.82) is 0 Å². The molecule has 0 aliphatic carbocycles. The summed E-state index contributed by atoms with van der Waals surface area (Å²) in [6.07, 6.45) is 6.36. The molecule has 0 spiro atoms. The van der Waals surface area contributed by atoms with Gasteiger partial charge in [-0.2, -0.15) is 5.10 Å². The highest BCUT2D eigenvalue weighted by Gasteiger charge is 2.26. The maximum absolute atomic E-state index is 6.00. The summed E-state index contributed by atoms with van der Waals surface area (Å²) in [5.74, 6) is 0.826. The highest BCUT2D eigenvalue weighted by atomic mass is 16.5. The first-order valence-corrected chi connectivity index (χ1v) is 7.52. The monoisotopic (exact) mass is 281 g/mol. The lowest BCUT2D eigenvalue weighted by Crippen LogP contribution is -2.41. The second-order valence-electron chi connectivity index (χ2n) is 6.43. The maximum atomic E-state index is 6.00. The van der Waals surface area contributed by atoms with Gasteiger partial charge in [0.05, 0.1) is 24.6 Å². The van der Waals surface area contributed by atoms with Crippen LogP contribution in [0.25, 0.3) is 0 Å². The molecule has 20 heavy (non-hydrogen) atoms. The molecular weight excluding hydrogens is 254 g/mol. The van der Waals surface area contributed by atoms with Crippen LogP contribution in [0.5, 0.6) is 5.75 Å². The first-order chi connectivity index (χ1) is 9.46. The molecule has 2 unspecified atom stereocenters. The summed E-state index contributed by atoms with van der Waals surface area (Å²) in [6, 6.07) is 0. The van der Waals surface area contributed by atoms with E-state index in [9.17, 15) is 0 Å². The standard InChI is InChI=1S/C15H27N3O2/c1-5-18-10-14(9-17-18)19-11-13-7-6-12(20-13)8-16-15(2,3)4/h9-10,12-13,16H,5-8,11H2,1-4H3. The fourth-order valence-electron chi connectivity index (χ4n) is 2.25. The zero-order valence-electron chi connectivity index (χ0n) is 13.1. The molecule has 0 saturated carbocycles. The average molecular weight is 281 g/mol. The normalized spacial score (nSPS) is 23.2. The number of ether oxygens (including phenoxy) is 2. The lowest BCUT2D eigenvalue weighted by atomic mass is 10.1. The second-order valence-corrected chi connectivity index (χ2v) is 6.43. The minimum Gasteiger partial charge on any atom is -0.488 e. The van der Waals surface area contributed by atoms with Gasteiger partial charge in [0.15, 0.2) is 5.75 Å². The number of nitrogens with one attached hydrogen (secondary N) is 1. The number of aromatic nitrogens is 2. The van der Waals surface area contributed by atoms with Gasteiger partial charge < -0.3 is 14.8 Å². The largest absolute Gasteiger partial charge is 0.488 e. The van der Waals surface area contributed by atoms with E-state index in [2.05, 4.69) is 38.1 Å². The topological polar surface area (TPSA) is 48.3 Å².